The first-order valence-electron chi connectivity index (χ1n) is 8.56. The fourth-order valence-electron chi connectivity index (χ4n) is 2.72. The smallest absolute Gasteiger partial charge is 0.416 e. The van der Waals surface area contributed by atoms with Crippen LogP contribution >= 0.6 is 0 Å². The number of hydrogen-bond acceptors (Lipinski definition) is 6. The van der Waals surface area contributed by atoms with Crippen molar-refractivity contribution in [1.82, 2.24) is 9.97 Å². The molecule has 0 aliphatic rings. The van der Waals surface area contributed by atoms with Crippen molar-refractivity contribution in [2.24, 2.45) is 0 Å². The lowest BCUT2D eigenvalue weighted by Crippen LogP contribution is -2.11. The van der Waals surface area contributed by atoms with Gasteiger partial charge in [-0.25, -0.2) is 14.8 Å². The van der Waals surface area contributed by atoms with Gasteiger partial charge in [0.15, 0.2) is 5.69 Å². The summed E-state index contributed by atoms with van der Waals surface area (Å²) in [5, 5.41) is 0. The Kier molecular flexibility index (Phi) is 5.58. The van der Waals surface area contributed by atoms with E-state index in [0.717, 1.165) is 12.1 Å². The van der Waals surface area contributed by atoms with Gasteiger partial charge in [-0.3, -0.25) is 0 Å². The fraction of sp³-hybridized carbons (Fsp3) is 0.250. The second-order valence-electron chi connectivity index (χ2n) is 5.94. The van der Waals surface area contributed by atoms with Gasteiger partial charge in [-0.1, -0.05) is 0 Å². The zero-order valence-corrected chi connectivity index (χ0v) is 15.8. The fourth-order valence-corrected chi connectivity index (χ4v) is 2.72. The number of carbonyl (C=O) groups is 1. The van der Waals surface area contributed by atoms with E-state index in [4.69, 9.17) is 14.2 Å². The molecule has 3 aromatic rings. The lowest BCUT2D eigenvalue weighted by molar-refractivity contribution is -0.137. The van der Waals surface area contributed by atoms with Crippen LogP contribution in [0.1, 0.15) is 23.0 Å². The van der Waals surface area contributed by atoms with Crippen molar-refractivity contribution in [1.29, 1.82) is 0 Å². The van der Waals surface area contributed by atoms with E-state index in [9.17, 15) is 18.0 Å². The van der Waals surface area contributed by atoms with Crippen LogP contribution in [0.5, 0.6) is 11.5 Å². The maximum absolute atomic E-state index is 13.1. The molecule has 0 fully saturated rings. The maximum atomic E-state index is 13.1. The van der Waals surface area contributed by atoms with Crippen molar-refractivity contribution in [3.63, 3.8) is 0 Å². The van der Waals surface area contributed by atoms with Gasteiger partial charge >= 0.3 is 12.1 Å². The van der Waals surface area contributed by atoms with Crippen molar-refractivity contribution in [3.8, 4) is 22.8 Å². The summed E-state index contributed by atoms with van der Waals surface area (Å²) in [4.78, 5) is 21.0. The third kappa shape index (κ3) is 4.23. The molecule has 29 heavy (non-hydrogen) atoms. The summed E-state index contributed by atoms with van der Waals surface area (Å²) < 4.78 is 54.8. The Balaban J connectivity index is 2.29. The normalized spacial score (nSPS) is 11.4. The van der Waals surface area contributed by atoms with Crippen LogP contribution in [0.3, 0.4) is 0 Å². The van der Waals surface area contributed by atoms with Crippen molar-refractivity contribution in [3.05, 3.63) is 47.7 Å². The average Bonchev–Trinajstić information content (AvgIpc) is 2.71. The minimum absolute atomic E-state index is 0.00957. The maximum Gasteiger partial charge on any atom is 0.416 e. The highest BCUT2D eigenvalue weighted by Gasteiger charge is 2.31. The standard InChI is InChI=1S/C20H17F3N2O4/c1-4-29-19(26)18-17(11-7-13(27-2)10-14(8-11)28-3)25-16-9-12(20(21,22)23)5-6-15(16)24-18/h5-10H,4H2,1-3H3. The number of nitrogens with zero attached hydrogens (tertiary/aromatic N) is 2. The monoisotopic (exact) mass is 406 g/mol. The Morgan fingerprint density at radius 2 is 1.62 bits per heavy atom. The van der Waals surface area contributed by atoms with Crippen molar-refractivity contribution < 1.29 is 32.2 Å². The third-order valence-corrected chi connectivity index (χ3v) is 4.09. The van der Waals surface area contributed by atoms with E-state index in [-0.39, 0.29) is 29.0 Å². The molecular formula is C20H17F3N2O4. The molecule has 0 atom stereocenters. The number of rotatable bonds is 5. The first-order chi connectivity index (χ1) is 13.8. The highest BCUT2D eigenvalue weighted by Crippen LogP contribution is 2.34. The summed E-state index contributed by atoms with van der Waals surface area (Å²) in [6, 6.07) is 7.72. The third-order valence-electron chi connectivity index (χ3n) is 4.09. The second-order valence-corrected chi connectivity index (χ2v) is 5.94. The molecule has 0 N–H and O–H groups in total. The predicted molar refractivity (Wildman–Crippen MR) is 99.0 cm³/mol. The van der Waals surface area contributed by atoms with Crippen LogP contribution in [0.15, 0.2) is 36.4 Å². The van der Waals surface area contributed by atoms with E-state index in [2.05, 4.69) is 9.97 Å². The van der Waals surface area contributed by atoms with Gasteiger partial charge in [0.1, 0.15) is 17.2 Å². The second kappa shape index (κ2) is 7.94. The van der Waals surface area contributed by atoms with Gasteiger partial charge in [0, 0.05) is 11.6 Å². The summed E-state index contributed by atoms with van der Waals surface area (Å²) in [7, 11) is 2.90. The number of ether oxygens (including phenoxy) is 3. The zero-order valence-electron chi connectivity index (χ0n) is 15.8. The van der Waals surface area contributed by atoms with Gasteiger partial charge < -0.3 is 14.2 Å². The van der Waals surface area contributed by atoms with E-state index < -0.39 is 17.7 Å². The number of aromatic nitrogens is 2. The number of fused-ring (bicyclic) bond motifs is 1. The van der Waals surface area contributed by atoms with Gasteiger partial charge in [0.05, 0.1) is 37.4 Å². The molecule has 152 valence electrons. The van der Waals surface area contributed by atoms with E-state index in [1.54, 1.807) is 25.1 Å². The molecule has 0 bridgehead atoms. The van der Waals surface area contributed by atoms with Crippen LogP contribution in [0.2, 0.25) is 0 Å². The quantitative estimate of drug-likeness (QED) is 0.581. The Morgan fingerprint density at radius 1 is 0.966 bits per heavy atom. The molecule has 0 radical (unpaired) electrons. The SMILES string of the molecule is CCOC(=O)c1nc2ccc(C(F)(F)F)cc2nc1-c1cc(OC)cc(OC)c1. The van der Waals surface area contributed by atoms with Crippen LogP contribution in [0, 0.1) is 0 Å². The molecule has 9 heteroatoms. The van der Waals surface area contributed by atoms with Crippen LogP contribution in [-0.4, -0.2) is 36.8 Å². The Morgan fingerprint density at radius 3 is 2.17 bits per heavy atom. The van der Waals surface area contributed by atoms with E-state index in [1.807, 2.05) is 0 Å². The largest absolute Gasteiger partial charge is 0.497 e. The Bertz CT molecular complexity index is 1050. The molecule has 0 amide bonds. The number of halogens is 3. The Hall–Kier alpha value is -3.36. The molecule has 0 aliphatic carbocycles. The molecular weight excluding hydrogens is 389 g/mol. The van der Waals surface area contributed by atoms with Crippen LogP contribution in [-0.2, 0) is 10.9 Å². The molecule has 0 saturated carbocycles. The number of carbonyl (C=O) groups excluding carboxylic acids is 1. The highest BCUT2D eigenvalue weighted by molar-refractivity contribution is 5.97. The van der Waals surface area contributed by atoms with Crippen LogP contribution in [0.4, 0.5) is 13.2 Å². The van der Waals surface area contributed by atoms with Crippen molar-refractivity contribution in [2.75, 3.05) is 20.8 Å². The number of esters is 1. The lowest BCUT2D eigenvalue weighted by atomic mass is 10.1. The van der Waals surface area contributed by atoms with Gasteiger partial charge in [0.25, 0.3) is 0 Å². The molecule has 1 heterocycles. The molecule has 3 rings (SSSR count). The summed E-state index contributed by atoms with van der Waals surface area (Å²) in [6.07, 6.45) is -4.53. The summed E-state index contributed by atoms with van der Waals surface area (Å²) in [5.74, 6) is 0.0961. The highest BCUT2D eigenvalue weighted by atomic mass is 19.4. The Labute approximate surface area is 164 Å². The van der Waals surface area contributed by atoms with E-state index >= 15 is 0 Å². The number of hydrogen-bond donors (Lipinski definition) is 0. The van der Waals surface area contributed by atoms with Crippen molar-refractivity contribution in [2.45, 2.75) is 13.1 Å². The number of benzene rings is 2. The lowest BCUT2D eigenvalue weighted by Gasteiger charge is -2.13. The molecule has 1 aromatic heterocycles. The number of alkyl halides is 3. The van der Waals surface area contributed by atoms with Gasteiger partial charge in [-0.15, -0.1) is 0 Å². The molecule has 0 unspecified atom stereocenters. The molecule has 0 spiro atoms. The van der Waals surface area contributed by atoms with Gasteiger partial charge in [-0.2, -0.15) is 13.2 Å². The predicted octanol–water partition coefficient (Wildman–Crippen LogP) is 4.51. The van der Waals surface area contributed by atoms with Gasteiger partial charge in [0.2, 0.25) is 0 Å². The molecule has 6 nitrogen and oxygen atoms in total. The topological polar surface area (TPSA) is 70.5 Å². The first kappa shape index (κ1) is 20.4. The van der Waals surface area contributed by atoms with Gasteiger partial charge in [-0.05, 0) is 37.3 Å². The zero-order chi connectivity index (χ0) is 21.2. The van der Waals surface area contributed by atoms with E-state index in [0.29, 0.717) is 17.1 Å². The minimum Gasteiger partial charge on any atom is -0.497 e. The first-order valence-corrected chi connectivity index (χ1v) is 8.56. The summed E-state index contributed by atoms with van der Waals surface area (Å²) in [6.45, 7) is 1.74. The van der Waals surface area contributed by atoms with E-state index in [1.165, 1.54) is 20.3 Å². The molecule has 0 aliphatic heterocycles. The molecule has 2 aromatic carbocycles. The summed E-state index contributed by atoms with van der Waals surface area (Å²) in [5.41, 5.74) is -0.403. The van der Waals surface area contributed by atoms with Crippen molar-refractivity contribution >= 4 is 17.0 Å². The minimum atomic E-state index is -4.53. The van der Waals surface area contributed by atoms with Crippen LogP contribution in [0.25, 0.3) is 22.3 Å². The summed E-state index contributed by atoms with van der Waals surface area (Å²) >= 11 is 0. The average molecular weight is 406 g/mol. The van der Waals surface area contributed by atoms with Crippen LogP contribution < -0.4 is 9.47 Å². The molecule has 0 saturated heterocycles. The number of methoxy groups -OCH3 is 2.